The Hall–Kier alpha value is -0.960. The van der Waals surface area contributed by atoms with Gasteiger partial charge in [0.1, 0.15) is 5.65 Å². The first kappa shape index (κ1) is 7.68. The quantitative estimate of drug-likeness (QED) is 0.657. The minimum atomic E-state index is 1.06. The molecule has 0 amide bonds. The van der Waals surface area contributed by atoms with Gasteiger partial charge in [-0.2, -0.15) is 0 Å². The number of imidazole rings is 1. The second-order valence-electron chi connectivity index (χ2n) is 2.46. The van der Waals surface area contributed by atoms with E-state index in [9.17, 15) is 0 Å². The third kappa shape index (κ3) is 1.20. The standard InChI is InChI=1S/C9H10N2S/c1-2-12-8-4-3-6-11-7-5-10-9(8)11/h3-7H,2H2,1H3. The van der Waals surface area contributed by atoms with E-state index in [4.69, 9.17) is 0 Å². The van der Waals surface area contributed by atoms with Gasteiger partial charge in [-0.3, -0.25) is 0 Å². The number of hydrogen-bond donors (Lipinski definition) is 0. The number of fused-ring (bicyclic) bond motifs is 1. The number of rotatable bonds is 2. The molecule has 2 aromatic rings. The van der Waals surface area contributed by atoms with Crippen molar-refractivity contribution < 1.29 is 0 Å². The average Bonchev–Trinajstić information content (AvgIpc) is 2.53. The third-order valence-electron chi connectivity index (χ3n) is 1.68. The molecule has 0 aliphatic carbocycles. The minimum Gasteiger partial charge on any atom is -0.306 e. The maximum atomic E-state index is 4.28. The van der Waals surface area contributed by atoms with Crippen LogP contribution in [0.4, 0.5) is 0 Å². The van der Waals surface area contributed by atoms with Crippen LogP contribution in [0.5, 0.6) is 0 Å². The fraction of sp³-hybridized carbons (Fsp3) is 0.222. The fourth-order valence-corrected chi connectivity index (χ4v) is 1.96. The number of thioether (sulfide) groups is 1. The average molecular weight is 178 g/mol. The van der Waals surface area contributed by atoms with Crippen molar-refractivity contribution in [2.75, 3.05) is 5.75 Å². The van der Waals surface area contributed by atoms with Gasteiger partial charge in [0, 0.05) is 18.6 Å². The van der Waals surface area contributed by atoms with Gasteiger partial charge in [-0.1, -0.05) is 6.92 Å². The maximum Gasteiger partial charge on any atom is 0.150 e. The molecule has 2 aromatic heterocycles. The van der Waals surface area contributed by atoms with Gasteiger partial charge in [-0.05, 0) is 17.9 Å². The summed E-state index contributed by atoms with van der Waals surface area (Å²) < 4.78 is 2.04. The molecule has 62 valence electrons. The van der Waals surface area contributed by atoms with Gasteiger partial charge in [0.25, 0.3) is 0 Å². The number of aromatic nitrogens is 2. The van der Waals surface area contributed by atoms with E-state index in [-0.39, 0.29) is 0 Å². The highest BCUT2D eigenvalue weighted by Gasteiger charge is 1.99. The summed E-state index contributed by atoms with van der Waals surface area (Å²) >= 11 is 1.83. The zero-order chi connectivity index (χ0) is 8.39. The molecule has 0 unspecified atom stereocenters. The van der Waals surface area contributed by atoms with Crippen LogP contribution in [-0.4, -0.2) is 15.1 Å². The molecule has 2 rings (SSSR count). The molecular weight excluding hydrogens is 168 g/mol. The van der Waals surface area contributed by atoms with Gasteiger partial charge >= 0.3 is 0 Å². The molecule has 0 bridgehead atoms. The zero-order valence-electron chi connectivity index (χ0n) is 6.90. The lowest BCUT2D eigenvalue weighted by molar-refractivity contribution is 1.14. The number of hydrogen-bond acceptors (Lipinski definition) is 2. The first-order chi connectivity index (χ1) is 5.92. The van der Waals surface area contributed by atoms with Crippen LogP contribution in [0, 0.1) is 0 Å². The van der Waals surface area contributed by atoms with Gasteiger partial charge in [-0.25, -0.2) is 4.98 Å². The second-order valence-corrected chi connectivity index (χ2v) is 3.77. The number of pyridine rings is 1. The van der Waals surface area contributed by atoms with E-state index in [1.165, 1.54) is 4.90 Å². The Balaban J connectivity index is 2.57. The summed E-state index contributed by atoms with van der Waals surface area (Å²) in [5.74, 6) is 1.09. The van der Waals surface area contributed by atoms with Crippen molar-refractivity contribution in [1.29, 1.82) is 0 Å². The highest BCUT2D eigenvalue weighted by Crippen LogP contribution is 2.21. The van der Waals surface area contributed by atoms with Crippen LogP contribution >= 0.6 is 11.8 Å². The molecule has 0 aliphatic rings. The summed E-state index contributed by atoms with van der Waals surface area (Å²) in [6.45, 7) is 2.15. The van der Waals surface area contributed by atoms with Gasteiger partial charge in [0.2, 0.25) is 0 Å². The molecule has 0 radical (unpaired) electrons. The van der Waals surface area contributed by atoms with Gasteiger partial charge < -0.3 is 4.40 Å². The Labute approximate surface area is 75.6 Å². The van der Waals surface area contributed by atoms with Crippen molar-refractivity contribution >= 4 is 17.4 Å². The van der Waals surface area contributed by atoms with Crippen LogP contribution in [0.3, 0.4) is 0 Å². The van der Waals surface area contributed by atoms with Crippen LogP contribution in [0.15, 0.2) is 35.6 Å². The molecule has 0 spiro atoms. The lowest BCUT2D eigenvalue weighted by Gasteiger charge is -1.99. The maximum absolute atomic E-state index is 4.28. The molecule has 3 heteroatoms. The first-order valence-electron chi connectivity index (χ1n) is 3.96. The Kier molecular flexibility index (Phi) is 2.04. The van der Waals surface area contributed by atoms with Crippen LogP contribution in [0.2, 0.25) is 0 Å². The van der Waals surface area contributed by atoms with Crippen molar-refractivity contribution in [2.45, 2.75) is 11.8 Å². The summed E-state index contributed by atoms with van der Waals surface area (Å²) in [5.41, 5.74) is 1.06. The van der Waals surface area contributed by atoms with Crippen molar-refractivity contribution in [2.24, 2.45) is 0 Å². The van der Waals surface area contributed by atoms with Gasteiger partial charge in [-0.15, -0.1) is 11.8 Å². The zero-order valence-corrected chi connectivity index (χ0v) is 7.71. The fourth-order valence-electron chi connectivity index (χ4n) is 1.19. The Morgan fingerprint density at radius 1 is 1.50 bits per heavy atom. The van der Waals surface area contributed by atoms with E-state index in [0.717, 1.165) is 11.4 Å². The SMILES string of the molecule is CCSc1cccn2ccnc12. The Morgan fingerprint density at radius 2 is 2.42 bits per heavy atom. The van der Waals surface area contributed by atoms with Crippen molar-refractivity contribution in [1.82, 2.24) is 9.38 Å². The summed E-state index contributed by atoms with van der Waals surface area (Å²) in [5, 5.41) is 0. The summed E-state index contributed by atoms with van der Waals surface area (Å²) in [6.07, 6.45) is 5.81. The molecule has 2 nitrogen and oxygen atoms in total. The molecule has 0 fully saturated rings. The monoisotopic (exact) mass is 178 g/mol. The summed E-state index contributed by atoms with van der Waals surface area (Å²) in [7, 11) is 0. The Bertz CT molecular complexity index is 381. The first-order valence-corrected chi connectivity index (χ1v) is 4.95. The molecule has 0 aromatic carbocycles. The second kappa shape index (κ2) is 3.19. The van der Waals surface area contributed by atoms with E-state index in [2.05, 4.69) is 18.0 Å². The van der Waals surface area contributed by atoms with E-state index in [1.54, 1.807) is 0 Å². The lowest BCUT2D eigenvalue weighted by atomic mass is 10.5. The van der Waals surface area contributed by atoms with Crippen LogP contribution in [-0.2, 0) is 0 Å². The van der Waals surface area contributed by atoms with Crippen LogP contribution in [0.1, 0.15) is 6.92 Å². The largest absolute Gasteiger partial charge is 0.306 e. The van der Waals surface area contributed by atoms with Crippen molar-refractivity contribution in [3.63, 3.8) is 0 Å². The normalized spacial score (nSPS) is 10.8. The predicted octanol–water partition coefficient (Wildman–Crippen LogP) is 2.45. The van der Waals surface area contributed by atoms with E-state index >= 15 is 0 Å². The smallest absolute Gasteiger partial charge is 0.150 e. The molecule has 12 heavy (non-hydrogen) atoms. The minimum absolute atomic E-state index is 1.06. The predicted molar refractivity (Wildman–Crippen MR) is 51.6 cm³/mol. The van der Waals surface area contributed by atoms with Gasteiger partial charge in [0.15, 0.2) is 0 Å². The molecule has 0 atom stereocenters. The summed E-state index contributed by atoms with van der Waals surface area (Å²) in [4.78, 5) is 5.53. The molecule has 0 saturated heterocycles. The van der Waals surface area contributed by atoms with Crippen LogP contribution in [0.25, 0.3) is 5.65 Å². The third-order valence-corrected chi connectivity index (χ3v) is 2.60. The topological polar surface area (TPSA) is 17.3 Å². The highest BCUT2D eigenvalue weighted by atomic mass is 32.2. The molecule has 0 N–H and O–H groups in total. The van der Waals surface area contributed by atoms with Gasteiger partial charge in [0.05, 0.1) is 4.90 Å². The number of nitrogens with zero attached hydrogens (tertiary/aromatic N) is 2. The van der Waals surface area contributed by atoms with Crippen molar-refractivity contribution in [3.05, 3.63) is 30.7 Å². The van der Waals surface area contributed by atoms with Crippen molar-refractivity contribution in [3.8, 4) is 0 Å². The molecular formula is C9H10N2S. The molecule has 0 saturated carbocycles. The highest BCUT2D eigenvalue weighted by molar-refractivity contribution is 7.99. The molecule has 2 heterocycles. The van der Waals surface area contributed by atoms with E-state index < -0.39 is 0 Å². The van der Waals surface area contributed by atoms with E-state index in [1.807, 2.05) is 40.8 Å². The lowest BCUT2D eigenvalue weighted by Crippen LogP contribution is -1.84. The van der Waals surface area contributed by atoms with E-state index in [0.29, 0.717) is 0 Å². The summed E-state index contributed by atoms with van der Waals surface area (Å²) in [6, 6.07) is 4.16. The molecule has 0 aliphatic heterocycles. The Morgan fingerprint density at radius 3 is 3.25 bits per heavy atom. The van der Waals surface area contributed by atoms with Crippen LogP contribution < -0.4 is 0 Å².